The molecule has 1 unspecified atom stereocenters. The Kier molecular flexibility index (Phi) is 9.69. The molecule has 0 aromatic heterocycles. The highest BCUT2D eigenvalue weighted by atomic mass is 31.2. The van der Waals surface area contributed by atoms with E-state index in [-0.39, 0.29) is 24.5 Å². The first kappa shape index (κ1) is 25.4. The number of hydrogen-bond acceptors (Lipinski definition) is 4. The standard InChI is InChI=1S/C24H30NO6P/c1-18(2)13-14-21(23(26)27)17-32(29,30)22(15-19-9-5-3-6-10-19)25-24(28)31-16-20-11-7-4-8-12-20/h3-12,14,18,22H,13,15-17H2,1-2H3,(H,25,28)(H,26,27)(H,29,30)/b21-14-/t22-/m0/s1. The molecular formula is C24H30NO6P. The van der Waals surface area contributed by atoms with E-state index in [4.69, 9.17) is 4.74 Å². The number of alkyl carbamates (subject to hydrolysis) is 1. The molecular weight excluding hydrogens is 429 g/mol. The number of ether oxygens (including phenoxy) is 1. The van der Waals surface area contributed by atoms with Gasteiger partial charge in [-0.2, -0.15) is 0 Å². The number of amides is 1. The Morgan fingerprint density at radius 1 is 1.03 bits per heavy atom. The Hall–Kier alpha value is -2.89. The number of hydrogen-bond donors (Lipinski definition) is 3. The summed E-state index contributed by atoms with van der Waals surface area (Å²) in [5.74, 6) is -2.24. The molecule has 0 aliphatic carbocycles. The van der Waals surface area contributed by atoms with Crippen molar-refractivity contribution in [2.45, 2.75) is 39.1 Å². The zero-order valence-corrected chi connectivity index (χ0v) is 19.2. The van der Waals surface area contributed by atoms with E-state index in [9.17, 15) is 24.2 Å². The van der Waals surface area contributed by atoms with Crippen LogP contribution in [0.1, 0.15) is 31.4 Å². The van der Waals surface area contributed by atoms with Crippen molar-refractivity contribution in [3.63, 3.8) is 0 Å². The van der Waals surface area contributed by atoms with E-state index < -0.39 is 31.4 Å². The molecule has 2 atom stereocenters. The van der Waals surface area contributed by atoms with Gasteiger partial charge in [-0.25, -0.2) is 9.59 Å². The normalized spacial score (nSPS) is 14.4. The molecule has 172 valence electrons. The Morgan fingerprint density at radius 3 is 2.12 bits per heavy atom. The van der Waals surface area contributed by atoms with Crippen molar-refractivity contribution < 1.29 is 28.9 Å². The second-order valence-corrected chi connectivity index (χ2v) is 10.4. The molecule has 32 heavy (non-hydrogen) atoms. The summed E-state index contributed by atoms with van der Waals surface area (Å²) in [5, 5.41) is 12.0. The molecule has 1 amide bonds. The van der Waals surface area contributed by atoms with Crippen molar-refractivity contribution in [2.24, 2.45) is 5.92 Å². The molecule has 0 spiro atoms. The summed E-state index contributed by atoms with van der Waals surface area (Å²) in [6.07, 6.45) is 0.616. The topological polar surface area (TPSA) is 113 Å². The largest absolute Gasteiger partial charge is 0.478 e. The van der Waals surface area contributed by atoms with E-state index in [0.717, 1.165) is 11.1 Å². The predicted octanol–water partition coefficient (Wildman–Crippen LogP) is 4.81. The van der Waals surface area contributed by atoms with Crippen molar-refractivity contribution in [2.75, 3.05) is 6.16 Å². The van der Waals surface area contributed by atoms with Gasteiger partial charge in [0.15, 0.2) is 0 Å². The maximum absolute atomic E-state index is 13.3. The lowest BCUT2D eigenvalue weighted by atomic mass is 10.1. The maximum atomic E-state index is 13.3. The Labute approximate surface area is 188 Å². The minimum absolute atomic E-state index is 0.00906. The molecule has 0 radical (unpaired) electrons. The van der Waals surface area contributed by atoms with Gasteiger partial charge >= 0.3 is 12.1 Å². The Balaban J connectivity index is 2.18. The van der Waals surface area contributed by atoms with Crippen LogP contribution in [0.3, 0.4) is 0 Å². The first-order valence-electron chi connectivity index (χ1n) is 10.4. The van der Waals surface area contributed by atoms with Crippen LogP contribution in [0.4, 0.5) is 4.79 Å². The molecule has 0 heterocycles. The third-order valence-corrected chi connectivity index (χ3v) is 6.84. The quantitative estimate of drug-likeness (QED) is 0.328. The number of carbonyl (C=O) groups is 2. The molecule has 2 rings (SSSR count). The Morgan fingerprint density at radius 2 is 1.59 bits per heavy atom. The molecule has 0 saturated carbocycles. The minimum Gasteiger partial charge on any atom is -0.478 e. The van der Waals surface area contributed by atoms with Gasteiger partial charge in [0.25, 0.3) is 0 Å². The molecule has 0 saturated heterocycles. The summed E-state index contributed by atoms with van der Waals surface area (Å²) >= 11 is 0. The van der Waals surface area contributed by atoms with Crippen molar-refractivity contribution in [1.82, 2.24) is 5.32 Å². The average Bonchev–Trinajstić information content (AvgIpc) is 2.76. The number of aliphatic carboxylic acids is 1. The number of allylic oxidation sites excluding steroid dienone is 1. The van der Waals surface area contributed by atoms with Crippen LogP contribution in [0, 0.1) is 5.92 Å². The smallest absolute Gasteiger partial charge is 0.408 e. The van der Waals surface area contributed by atoms with Gasteiger partial charge in [0, 0.05) is 12.0 Å². The molecule has 2 aromatic rings. The van der Waals surface area contributed by atoms with Crippen molar-refractivity contribution in [3.05, 3.63) is 83.4 Å². The van der Waals surface area contributed by atoms with Gasteiger partial charge in [0.1, 0.15) is 12.4 Å². The molecule has 0 bridgehead atoms. The summed E-state index contributed by atoms with van der Waals surface area (Å²) in [5.41, 5.74) is 1.37. The summed E-state index contributed by atoms with van der Waals surface area (Å²) in [4.78, 5) is 34.9. The van der Waals surface area contributed by atoms with Crippen LogP contribution in [0.25, 0.3) is 0 Å². The highest BCUT2D eigenvalue weighted by Crippen LogP contribution is 2.48. The SMILES string of the molecule is CC(C)C/C=C(/CP(=O)(O)[C@@H](Cc1ccccc1)NC(=O)OCc1ccccc1)C(=O)O. The summed E-state index contributed by atoms with van der Waals surface area (Å²) in [6, 6.07) is 18.0. The predicted molar refractivity (Wildman–Crippen MR) is 124 cm³/mol. The summed E-state index contributed by atoms with van der Waals surface area (Å²) in [6.45, 7) is 3.86. The van der Waals surface area contributed by atoms with E-state index in [1.165, 1.54) is 6.08 Å². The number of benzene rings is 2. The number of nitrogens with one attached hydrogen (secondary N) is 1. The van der Waals surface area contributed by atoms with Gasteiger partial charge in [-0.05, 0) is 23.5 Å². The number of carboxylic acid groups (broad SMARTS) is 1. The average molecular weight is 459 g/mol. The third kappa shape index (κ3) is 8.69. The lowest BCUT2D eigenvalue weighted by Crippen LogP contribution is -2.37. The lowest BCUT2D eigenvalue weighted by molar-refractivity contribution is -0.132. The fourth-order valence-corrected chi connectivity index (χ4v) is 4.76. The van der Waals surface area contributed by atoms with E-state index in [2.05, 4.69) is 5.32 Å². The fraction of sp³-hybridized carbons (Fsp3) is 0.333. The van der Waals surface area contributed by atoms with E-state index >= 15 is 0 Å². The van der Waals surface area contributed by atoms with E-state index in [1.807, 2.05) is 38.1 Å². The molecule has 0 aliphatic rings. The van der Waals surface area contributed by atoms with Crippen LogP contribution >= 0.6 is 7.37 Å². The van der Waals surface area contributed by atoms with Crippen molar-refractivity contribution >= 4 is 19.4 Å². The minimum atomic E-state index is -4.15. The van der Waals surface area contributed by atoms with Crippen LogP contribution in [0.5, 0.6) is 0 Å². The Bertz CT molecular complexity index is 959. The first-order chi connectivity index (χ1) is 15.2. The monoisotopic (exact) mass is 459 g/mol. The molecule has 8 heteroatoms. The van der Waals surface area contributed by atoms with Gasteiger partial charge in [0.05, 0.1) is 6.16 Å². The molecule has 0 aliphatic heterocycles. The highest BCUT2D eigenvalue weighted by Gasteiger charge is 2.35. The zero-order chi connectivity index (χ0) is 23.6. The van der Waals surface area contributed by atoms with Crippen LogP contribution in [-0.2, 0) is 27.1 Å². The number of rotatable bonds is 11. The van der Waals surface area contributed by atoms with Crippen molar-refractivity contribution in [3.8, 4) is 0 Å². The van der Waals surface area contributed by atoms with Crippen LogP contribution in [-0.4, -0.2) is 34.0 Å². The molecule has 0 fully saturated rings. The fourth-order valence-electron chi connectivity index (χ4n) is 2.98. The number of carbonyl (C=O) groups excluding carboxylic acids is 1. The van der Waals surface area contributed by atoms with Crippen molar-refractivity contribution in [1.29, 1.82) is 0 Å². The molecule has 3 N–H and O–H groups in total. The summed E-state index contributed by atoms with van der Waals surface area (Å²) < 4.78 is 18.5. The van der Waals surface area contributed by atoms with Gasteiger partial charge in [-0.1, -0.05) is 80.6 Å². The highest BCUT2D eigenvalue weighted by molar-refractivity contribution is 7.59. The van der Waals surface area contributed by atoms with Gasteiger partial charge < -0.3 is 20.1 Å². The van der Waals surface area contributed by atoms with Crippen LogP contribution < -0.4 is 5.32 Å². The van der Waals surface area contributed by atoms with Gasteiger partial charge in [-0.3, -0.25) is 4.57 Å². The second-order valence-electron chi connectivity index (χ2n) is 7.99. The van der Waals surface area contributed by atoms with Gasteiger partial charge in [0.2, 0.25) is 7.37 Å². The lowest BCUT2D eigenvalue weighted by Gasteiger charge is -2.24. The molecule has 2 aromatic carbocycles. The third-order valence-electron chi connectivity index (χ3n) is 4.76. The molecule has 7 nitrogen and oxygen atoms in total. The van der Waals surface area contributed by atoms with Gasteiger partial charge in [-0.15, -0.1) is 0 Å². The van der Waals surface area contributed by atoms with Crippen LogP contribution in [0.15, 0.2) is 72.3 Å². The summed E-state index contributed by atoms with van der Waals surface area (Å²) in [7, 11) is -4.15. The number of carboxylic acids is 1. The van der Waals surface area contributed by atoms with E-state index in [1.54, 1.807) is 36.4 Å². The van der Waals surface area contributed by atoms with Crippen LogP contribution in [0.2, 0.25) is 0 Å². The maximum Gasteiger partial charge on any atom is 0.408 e. The van der Waals surface area contributed by atoms with E-state index in [0.29, 0.717) is 6.42 Å². The first-order valence-corrected chi connectivity index (χ1v) is 12.3. The zero-order valence-electron chi connectivity index (χ0n) is 18.3. The second kappa shape index (κ2) is 12.2.